The summed E-state index contributed by atoms with van der Waals surface area (Å²) in [6.07, 6.45) is 1.66. The van der Waals surface area contributed by atoms with Gasteiger partial charge in [-0.25, -0.2) is 9.78 Å². The number of benzene rings is 2. The Labute approximate surface area is 185 Å². The quantitative estimate of drug-likeness (QED) is 0.182. The van der Waals surface area contributed by atoms with Crippen LogP contribution in [0, 0.1) is 0 Å². The molecule has 9 heteroatoms. The Morgan fingerprint density at radius 3 is 2.75 bits per heavy atom. The molecular formula is C19H10Br2ClN3O2S. The molecule has 0 aliphatic heterocycles. The van der Waals surface area contributed by atoms with Crippen molar-refractivity contribution >= 4 is 77.1 Å². The van der Waals surface area contributed by atoms with Gasteiger partial charge in [0.1, 0.15) is 0 Å². The molecule has 0 aliphatic rings. The molecule has 0 unspecified atom stereocenters. The van der Waals surface area contributed by atoms with Gasteiger partial charge in [0.15, 0.2) is 5.58 Å². The monoisotopic (exact) mass is 537 g/mol. The minimum absolute atomic E-state index is 0.392. The maximum absolute atomic E-state index is 12.4. The number of nitrogens with zero attached hydrogens (tertiary/aromatic N) is 2. The molecule has 28 heavy (non-hydrogen) atoms. The first-order chi connectivity index (χ1) is 13.5. The Bertz CT molecular complexity index is 1250. The standard InChI is InChI=1S/C19H10Br2ClN3O2S/c20-12-5-11-6-14(18(26)27-17(11)15(21)7-12)16-9-28-19(24-16)25-23-8-10-1-3-13(22)4-2-10/h1-9H,(H,24,25)/b23-8+. The van der Waals surface area contributed by atoms with E-state index in [0.29, 0.717) is 31.5 Å². The first-order valence-electron chi connectivity index (χ1n) is 7.93. The predicted molar refractivity (Wildman–Crippen MR) is 122 cm³/mol. The molecule has 0 aliphatic carbocycles. The number of hydrogen-bond acceptors (Lipinski definition) is 6. The summed E-state index contributed by atoms with van der Waals surface area (Å²) in [6, 6.07) is 12.8. The zero-order chi connectivity index (χ0) is 19.7. The SMILES string of the molecule is O=c1oc2c(Br)cc(Br)cc2cc1-c1csc(N/N=C/c2ccc(Cl)cc2)n1. The van der Waals surface area contributed by atoms with Crippen LogP contribution >= 0.6 is 54.8 Å². The van der Waals surface area contributed by atoms with Crippen molar-refractivity contribution in [2.45, 2.75) is 0 Å². The van der Waals surface area contributed by atoms with Gasteiger partial charge < -0.3 is 4.42 Å². The number of aromatic nitrogens is 1. The first kappa shape index (κ1) is 19.3. The van der Waals surface area contributed by atoms with Crippen LogP contribution in [0.2, 0.25) is 5.02 Å². The van der Waals surface area contributed by atoms with E-state index in [1.54, 1.807) is 29.8 Å². The lowest BCUT2D eigenvalue weighted by molar-refractivity contribution is 0.561. The molecule has 0 atom stereocenters. The van der Waals surface area contributed by atoms with Gasteiger partial charge in [-0.1, -0.05) is 39.7 Å². The van der Waals surface area contributed by atoms with E-state index in [0.717, 1.165) is 15.4 Å². The van der Waals surface area contributed by atoms with E-state index in [1.165, 1.54) is 11.3 Å². The summed E-state index contributed by atoms with van der Waals surface area (Å²) in [4.78, 5) is 16.8. The van der Waals surface area contributed by atoms with E-state index in [9.17, 15) is 4.79 Å². The summed E-state index contributed by atoms with van der Waals surface area (Å²) in [5.74, 6) is 0. The molecule has 2 aromatic carbocycles. The Morgan fingerprint density at radius 1 is 1.18 bits per heavy atom. The third-order valence-corrected chi connectivity index (χ3v) is 5.82. The van der Waals surface area contributed by atoms with Crippen LogP contribution in [0.15, 0.2) is 71.1 Å². The highest BCUT2D eigenvalue weighted by molar-refractivity contribution is 9.11. The first-order valence-corrected chi connectivity index (χ1v) is 10.8. The molecule has 0 bridgehead atoms. The van der Waals surface area contributed by atoms with Crippen LogP contribution in [-0.2, 0) is 0 Å². The van der Waals surface area contributed by atoms with Crippen molar-refractivity contribution in [3.8, 4) is 11.3 Å². The molecule has 0 radical (unpaired) electrons. The molecule has 2 aromatic heterocycles. The topological polar surface area (TPSA) is 67.5 Å². The number of hydrazone groups is 1. The van der Waals surface area contributed by atoms with Gasteiger partial charge >= 0.3 is 5.63 Å². The number of thiazole rings is 1. The number of anilines is 1. The van der Waals surface area contributed by atoms with Crippen molar-refractivity contribution in [2.24, 2.45) is 5.10 Å². The second-order valence-corrected chi connectivity index (χ2v) is 8.78. The van der Waals surface area contributed by atoms with Gasteiger partial charge in [-0.3, -0.25) is 5.43 Å². The second-order valence-electron chi connectivity index (χ2n) is 5.71. The maximum Gasteiger partial charge on any atom is 0.345 e. The number of halogens is 3. The third kappa shape index (κ3) is 4.20. The van der Waals surface area contributed by atoms with Gasteiger partial charge in [0.2, 0.25) is 5.13 Å². The van der Waals surface area contributed by atoms with Gasteiger partial charge in [0.05, 0.1) is 21.9 Å². The van der Waals surface area contributed by atoms with Crippen molar-refractivity contribution < 1.29 is 4.42 Å². The summed E-state index contributed by atoms with van der Waals surface area (Å²) in [7, 11) is 0. The Morgan fingerprint density at radius 2 is 1.96 bits per heavy atom. The molecule has 0 spiro atoms. The van der Waals surface area contributed by atoms with Gasteiger partial charge in [0.25, 0.3) is 0 Å². The van der Waals surface area contributed by atoms with Gasteiger partial charge in [-0.2, -0.15) is 5.10 Å². The fourth-order valence-corrected chi connectivity index (χ4v) is 4.62. The number of fused-ring (bicyclic) bond motifs is 1. The number of nitrogens with one attached hydrogen (secondary N) is 1. The van der Waals surface area contributed by atoms with Crippen LogP contribution in [0.4, 0.5) is 5.13 Å². The lowest BCUT2D eigenvalue weighted by atomic mass is 10.1. The summed E-state index contributed by atoms with van der Waals surface area (Å²) >= 11 is 14.1. The molecule has 4 rings (SSSR count). The normalized spacial score (nSPS) is 11.4. The average molecular weight is 540 g/mol. The van der Waals surface area contributed by atoms with Crippen molar-refractivity contribution in [3.05, 3.63) is 77.8 Å². The smallest absolute Gasteiger partial charge is 0.345 e. The highest BCUT2D eigenvalue weighted by Crippen LogP contribution is 2.31. The molecule has 5 nitrogen and oxygen atoms in total. The molecule has 140 valence electrons. The van der Waals surface area contributed by atoms with Gasteiger partial charge in [0, 0.05) is 20.3 Å². The highest BCUT2D eigenvalue weighted by atomic mass is 79.9. The Hall–Kier alpha value is -2.00. The van der Waals surface area contributed by atoms with Crippen LogP contribution in [0.1, 0.15) is 5.56 Å². The fourth-order valence-electron chi connectivity index (χ4n) is 2.50. The second kappa shape index (κ2) is 8.16. The molecule has 0 fully saturated rings. The van der Waals surface area contributed by atoms with Crippen LogP contribution < -0.4 is 11.1 Å². The van der Waals surface area contributed by atoms with Crippen molar-refractivity contribution in [2.75, 3.05) is 5.43 Å². The van der Waals surface area contributed by atoms with Crippen LogP contribution in [0.25, 0.3) is 22.2 Å². The van der Waals surface area contributed by atoms with E-state index in [1.807, 2.05) is 24.3 Å². The van der Waals surface area contributed by atoms with Crippen molar-refractivity contribution in [3.63, 3.8) is 0 Å². The van der Waals surface area contributed by atoms with E-state index in [-0.39, 0.29) is 0 Å². The molecule has 4 aromatic rings. The van der Waals surface area contributed by atoms with Crippen molar-refractivity contribution in [1.82, 2.24) is 4.98 Å². The number of hydrogen-bond donors (Lipinski definition) is 1. The summed E-state index contributed by atoms with van der Waals surface area (Å²) in [5, 5.41) is 7.97. The lowest BCUT2D eigenvalue weighted by Gasteiger charge is -2.03. The molecular weight excluding hydrogens is 530 g/mol. The summed E-state index contributed by atoms with van der Waals surface area (Å²) < 4.78 is 7.06. The fraction of sp³-hybridized carbons (Fsp3) is 0. The zero-order valence-corrected chi connectivity index (χ0v) is 18.7. The molecule has 2 heterocycles. The van der Waals surface area contributed by atoms with E-state index < -0.39 is 5.63 Å². The highest BCUT2D eigenvalue weighted by Gasteiger charge is 2.13. The van der Waals surface area contributed by atoms with E-state index >= 15 is 0 Å². The van der Waals surface area contributed by atoms with Crippen LogP contribution in [0.3, 0.4) is 0 Å². The minimum Gasteiger partial charge on any atom is -0.421 e. The van der Waals surface area contributed by atoms with E-state index in [4.69, 9.17) is 16.0 Å². The van der Waals surface area contributed by atoms with Crippen LogP contribution in [-0.4, -0.2) is 11.2 Å². The lowest BCUT2D eigenvalue weighted by Crippen LogP contribution is -2.03. The summed E-state index contributed by atoms with van der Waals surface area (Å²) in [6.45, 7) is 0. The largest absolute Gasteiger partial charge is 0.421 e. The zero-order valence-electron chi connectivity index (χ0n) is 13.9. The van der Waals surface area contributed by atoms with Crippen molar-refractivity contribution in [1.29, 1.82) is 0 Å². The van der Waals surface area contributed by atoms with Crippen LogP contribution in [0.5, 0.6) is 0 Å². The maximum atomic E-state index is 12.4. The predicted octanol–water partition coefficient (Wildman–Crippen LogP) is 6.54. The minimum atomic E-state index is -0.447. The van der Waals surface area contributed by atoms with E-state index in [2.05, 4.69) is 47.4 Å². The molecule has 0 saturated heterocycles. The summed E-state index contributed by atoms with van der Waals surface area (Å²) in [5.41, 5.74) is 4.74. The third-order valence-electron chi connectivity index (χ3n) is 3.78. The molecule has 0 saturated carbocycles. The van der Waals surface area contributed by atoms with Gasteiger partial charge in [-0.05, 0) is 51.8 Å². The molecule has 1 N–H and O–H groups in total. The Kier molecular flexibility index (Phi) is 5.63. The average Bonchev–Trinajstić information content (AvgIpc) is 3.12. The number of rotatable bonds is 4. The van der Waals surface area contributed by atoms with Gasteiger partial charge in [-0.15, -0.1) is 11.3 Å². The Balaban J connectivity index is 1.59. The molecule has 0 amide bonds.